The number of nitrogens with zero attached hydrogens (tertiary/aromatic N) is 7. The van der Waals surface area contributed by atoms with Gasteiger partial charge in [-0.1, -0.05) is 155 Å². The molecule has 0 saturated heterocycles. The van der Waals surface area contributed by atoms with Crippen LogP contribution in [0.15, 0.2) is 140 Å². The van der Waals surface area contributed by atoms with E-state index in [1.54, 1.807) is 0 Å². The minimum Gasteiger partial charge on any atom is -0.392 e. The maximum absolute atomic E-state index is 10.9. The second-order valence-corrected chi connectivity index (χ2v) is 14.4. The second kappa shape index (κ2) is 14.8. The molecule has 0 spiro atoms. The van der Waals surface area contributed by atoms with Crippen LogP contribution in [-0.2, 0) is 18.4 Å². The van der Waals surface area contributed by atoms with E-state index in [4.69, 9.17) is 15.3 Å². The van der Waals surface area contributed by atoms with Crippen molar-refractivity contribution in [2.45, 2.75) is 58.6 Å². The molecule has 0 aliphatic carbocycles. The molecule has 7 aromatic rings. The molecule has 53 heavy (non-hydrogen) atoms. The quantitative estimate of drug-likeness (QED) is 0.136. The van der Waals surface area contributed by atoms with Gasteiger partial charge in [-0.2, -0.15) is 5.26 Å². The van der Waals surface area contributed by atoms with Gasteiger partial charge >= 0.3 is 0 Å². The molecule has 0 fully saturated rings. The van der Waals surface area contributed by atoms with E-state index in [1.807, 2.05) is 72.5 Å². The first-order chi connectivity index (χ1) is 25.8. The molecule has 5 aromatic carbocycles. The first-order valence-corrected chi connectivity index (χ1v) is 18.1. The molecule has 0 radical (unpaired) electrons. The van der Waals surface area contributed by atoms with Gasteiger partial charge in [-0.15, -0.1) is 5.10 Å². The van der Waals surface area contributed by atoms with Gasteiger partial charge < -0.3 is 5.11 Å². The number of nitriles is 1. The van der Waals surface area contributed by atoms with Crippen molar-refractivity contribution in [2.75, 3.05) is 0 Å². The zero-order chi connectivity index (χ0) is 37.0. The van der Waals surface area contributed by atoms with Crippen molar-refractivity contribution < 1.29 is 5.11 Å². The highest BCUT2D eigenvalue weighted by atomic mass is 16.3. The Balaban J connectivity index is 1.36. The van der Waals surface area contributed by atoms with Crippen LogP contribution in [0.4, 0.5) is 0 Å². The van der Waals surface area contributed by atoms with Crippen LogP contribution in [0.25, 0.3) is 28.2 Å². The third-order valence-electron chi connectivity index (χ3n) is 9.95. The highest BCUT2D eigenvalue weighted by Gasteiger charge is 2.42. The number of hydrogen-bond donors (Lipinski definition) is 1. The molecular weight excluding hydrogens is 655 g/mol. The third-order valence-corrected chi connectivity index (χ3v) is 9.95. The van der Waals surface area contributed by atoms with Crippen LogP contribution in [0.5, 0.6) is 0 Å². The molecule has 0 bridgehead atoms. The summed E-state index contributed by atoms with van der Waals surface area (Å²) in [6.07, 6.45) is 1.26. The SMILES string of the molecule is CCCc1nc(CC(O)C(C)(C)C)c(C#N)n1-c1ccc(-c2ccccc2-c2nnnn2C(c2ccccc2)(c2ccccc2)c2ccccc2)cc1. The molecule has 0 saturated carbocycles. The Bertz CT molecular complexity index is 2240. The average molecular weight is 698 g/mol. The van der Waals surface area contributed by atoms with Crippen LogP contribution in [-0.4, -0.2) is 41.0 Å². The summed E-state index contributed by atoms with van der Waals surface area (Å²) in [5.41, 5.74) is 6.61. The smallest absolute Gasteiger partial charge is 0.184 e. The molecule has 1 N–H and O–H groups in total. The Morgan fingerprint density at radius 2 is 1.25 bits per heavy atom. The number of hydrogen-bond acceptors (Lipinski definition) is 6. The van der Waals surface area contributed by atoms with Gasteiger partial charge in [-0.25, -0.2) is 9.67 Å². The Kier molecular flexibility index (Phi) is 9.86. The minimum atomic E-state index is -0.886. The lowest BCUT2D eigenvalue weighted by atomic mass is 9.77. The minimum absolute atomic E-state index is 0.312. The molecule has 8 heteroatoms. The van der Waals surface area contributed by atoms with Crippen molar-refractivity contribution in [1.82, 2.24) is 29.8 Å². The molecule has 0 aliphatic heterocycles. The number of imidazole rings is 1. The van der Waals surface area contributed by atoms with Crippen molar-refractivity contribution in [1.29, 1.82) is 5.26 Å². The summed E-state index contributed by atoms with van der Waals surface area (Å²) in [7, 11) is 0. The lowest BCUT2D eigenvalue weighted by Crippen LogP contribution is -2.39. The van der Waals surface area contributed by atoms with E-state index in [1.165, 1.54) is 0 Å². The molecule has 8 nitrogen and oxygen atoms in total. The van der Waals surface area contributed by atoms with Crippen molar-refractivity contribution in [2.24, 2.45) is 5.41 Å². The fraction of sp³-hybridized carbons (Fsp3) is 0.222. The number of benzene rings is 5. The molecular formula is C45H43N7O. The van der Waals surface area contributed by atoms with E-state index >= 15 is 0 Å². The van der Waals surface area contributed by atoms with E-state index in [0.29, 0.717) is 30.1 Å². The highest BCUT2D eigenvalue weighted by molar-refractivity contribution is 5.81. The zero-order valence-corrected chi connectivity index (χ0v) is 30.6. The second-order valence-electron chi connectivity index (χ2n) is 14.4. The van der Waals surface area contributed by atoms with Crippen molar-refractivity contribution in [3.05, 3.63) is 173 Å². The predicted molar refractivity (Wildman–Crippen MR) is 208 cm³/mol. The Morgan fingerprint density at radius 1 is 0.717 bits per heavy atom. The molecule has 7 rings (SSSR count). The molecule has 0 aliphatic rings. The maximum atomic E-state index is 10.9. The number of aryl methyl sites for hydroxylation is 1. The fourth-order valence-corrected chi connectivity index (χ4v) is 7.14. The van der Waals surface area contributed by atoms with Crippen molar-refractivity contribution in [3.63, 3.8) is 0 Å². The van der Waals surface area contributed by atoms with Crippen LogP contribution < -0.4 is 0 Å². The number of aromatic nitrogens is 6. The van der Waals surface area contributed by atoms with Gasteiger partial charge in [0.25, 0.3) is 0 Å². The summed E-state index contributed by atoms with van der Waals surface area (Å²) in [6, 6.07) is 49.9. The van der Waals surface area contributed by atoms with E-state index in [-0.39, 0.29) is 5.41 Å². The van der Waals surface area contributed by atoms with Crippen LogP contribution in [0.1, 0.15) is 68.0 Å². The third kappa shape index (κ3) is 6.56. The number of aliphatic hydroxyl groups excluding tert-OH is 1. The summed E-state index contributed by atoms with van der Waals surface area (Å²) in [5.74, 6) is 1.43. The van der Waals surface area contributed by atoms with Gasteiger partial charge in [-0.05, 0) is 62.2 Å². The molecule has 0 amide bonds. The van der Waals surface area contributed by atoms with Crippen LogP contribution >= 0.6 is 0 Å². The first-order valence-electron chi connectivity index (χ1n) is 18.1. The fourth-order valence-electron chi connectivity index (χ4n) is 7.14. The van der Waals surface area contributed by atoms with Gasteiger partial charge in [0.05, 0.1) is 11.8 Å². The van der Waals surface area contributed by atoms with Crippen LogP contribution in [0.3, 0.4) is 0 Å². The van der Waals surface area contributed by atoms with E-state index in [2.05, 4.69) is 115 Å². The Morgan fingerprint density at radius 3 is 1.75 bits per heavy atom. The van der Waals surface area contributed by atoms with E-state index < -0.39 is 11.6 Å². The average Bonchev–Trinajstić information content (AvgIpc) is 3.81. The normalized spacial score (nSPS) is 12.4. The Labute approximate surface area is 311 Å². The standard InChI is InChI=1S/C45H43N7O/c1-5-17-42-47-39(30-41(53)44(2,3)4)40(31-46)51(42)36-28-26-32(27-29-36)37-24-15-16-25-38(37)43-48-49-50-52(43)45(33-18-9-6-10-19-33,34-20-11-7-12-21-34)35-22-13-8-14-23-35/h6-16,18-29,41,53H,5,17,30H2,1-4H3. The summed E-state index contributed by atoms with van der Waals surface area (Å²) in [6.45, 7) is 8.08. The molecule has 2 aromatic heterocycles. The summed E-state index contributed by atoms with van der Waals surface area (Å²) >= 11 is 0. The highest BCUT2D eigenvalue weighted by Crippen LogP contribution is 2.43. The van der Waals surface area contributed by atoms with Crippen LogP contribution in [0, 0.1) is 16.7 Å². The lowest BCUT2D eigenvalue weighted by Gasteiger charge is -2.36. The predicted octanol–water partition coefficient (Wildman–Crippen LogP) is 8.81. The topological polar surface area (TPSA) is 105 Å². The van der Waals surface area contributed by atoms with E-state index in [9.17, 15) is 10.4 Å². The van der Waals surface area contributed by atoms with Gasteiger partial charge in [0, 0.05) is 24.1 Å². The monoisotopic (exact) mass is 697 g/mol. The molecule has 264 valence electrons. The summed E-state index contributed by atoms with van der Waals surface area (Å²) < 4.78 is 3.90. The van der Waals surface area contributed by atoms with Gasteiger partial charge in [-0.3, -0.25) is 4.57 Å². The van der Waals surface area contributed by atoms with E-state index in [0.717, 1.165) is 51.3 Å². The number of tetrazole rings is 1. The zero-order valence-electron chi connectivity index (χ0n) is 30.6. The lowest BCUT2D eigenvalue weighted by molar-refractivity contribution is 0.0628. The molecule has 2 heterocycles. The van der Waals surface area contributed by atoms with Crippen molar-refractivity contribution >= 4 is 0 Å². The van der Waals surface area contributed by atoms with Crippen molar-refractivity contribution in [3.8, 4) is 34.3 Å². The number of rotatable bonds is 11. The first kappa shape index (κ1) is 35.2. The van der Waals surface area contributed by atoms with Gasteiger partial charge in [0.2, 0.25) is 0 Å². The summed E-state index contributed by atoms with van der Waals surface area (Å²) in [5, 5.41) is 35.1. The van der Waals surface area contributed by atoms with Gasteiger partial charge in [0.15, 0.2) is 5.82 Å². The summed E-state index contributed by atoms with van der Waals surface area (Å²) in [4.78, 5) is 4.89. The Hall–Kier alpha value is -6.17. The largest absolute Gasteiger partial charge is 0.392 e. The van der Waals surface area contributed by atoms with Gasteiger partial charge in [0.1, 0.15) is 23.1 Å². The molecule has 1 unspecified atom stereocenters. The molecule has 1 atom stereocenters. The van der Waals surface area contributed by atoms with Crippen LogP contribution in [0.2, 0.25) is 0 Å². The maximum Gasteiger partial charge on any atom is 0.184 e. The number of aliphatic hydroxyl groups is 1.